The van der Waals surface area contributed by atoms with E-state index in [4.69, 9.17) is 20.3 Å². The molecule has 0 saturated carbocycles. The number of nitrogens with one attached hydrogen (secondary N) is 2. The van der Waals surface area contributed by atoms with Crippen LogP contribution in [0.5, 0.6) is 0 Å². The number of aliphatic hydroxyl groups is 1. The molecule has 1 atom stereocenters. The van der Waals surface area contributed by atoms with Gasteiger partial charge in [0, 0.05) is 22.1 Å². The van der Waals surface area contributed by atoms with E-state index in [-0.39, 0.29) is 18.6 Å². The van der Waals surface area contributed by atoms with Crippen LogP contribution in [0, 0.1) is 0 Å². The third-order valence-corrected chi connectivity index (χ3v) is 7.94. The SMILES string of the molecule is CC[C@@]1(O)C(=O)OCc2c1cc1n(c2=O)Cc2cc3cccc(/C=N/OCCCNCCCCNCCCN)c3nc2-1. The minimum absolute atomic E-state index is 0.101. The molecule has 2 aliphatic rings. The first-order chi connectivity index (χ1) is 20.5. The Kier molecular flexibility index (Phi) is 9.63. The lowest BCUT2D eigenvalue weighted by Crippen LogP contribution is -2.44. The Labute approximate surface area is 245 Å². The van der Waals surface area contributed by atoms with Crippen molar-refractivity contribution in [3.05, 3.63) is 62.9 Å². The molecule has 0 amide bonds. The molecule has 0 unspecified atom stereocenters. The van der Waals surface area contributed by atoms with Gasteiger partial charge in [0.1, 0.15) is 13.2 Å². The second-order valence-corrected chi connectivity index (χ2v) is 10.8. The van der Waals surface area contributed by atoms with Gasteiger partial charge in [-0.1, -0.05) is 30.3 Å². The summed E-state index contributed by atoms with van der Waals surface area (Å²) in [7, 11) is 0. The smallest absolute Gasteiger partial charge is 0.343 e. The van der Waals surface area contributed by atoms with Crippen LogP contribution in [0.25, 0.3) is 22.3 Å². The van der Waals surface area contributed by atoms with Crippen molar-refractivity contribution in [3.63, 3.8) is 0 Å². The van der Waals surface area contributed by atoms with Crippen molar-refractivity contribution in [1.29, 1.82) is 0 Å². The number of oxime groups is 1. The summed E-state index contributed by atoms with van der Waals surface area (Å²) in [6.07, 6.45) is 5.89. The van der Waals surface area contributed by atoms with Crippen molar-refractivity contribution in [1.82, 2.24) is 20.2 Å². The largest absolute Gasteiger partial charge is 0.458 e. The molecular formula is C31H40N6O5. The number of cyclic esters (lactones) is 1. The molecule has 1 aromatic carbocycles. The normalized spacial score (nSPS) is 17.4. The number of ether oxygens (including phenoxy) is 1. The van der Waals surface area contributed by atoms with E-state index in [1.54, 1.807) is 23.8 Å². The average molecular weight is 577 g/mol. The third-order valence-electron chi connectivity index (χ3n) is 7.94. The van der Waals surface area contributed by atoms with Crippen molar-refractivity contribution in [2.75, 3.05) is 39.3 Å². The van der Waals surface area contributed by atoms with Gasteiger partial charge in [0.15, 0.2) is 5.60 Å². The zero-order valence-electron chi connectivity index (χ0n) is 24.2. The number of aromatic nitrogens is 2. The fraction of sp³-hybridized carbons (Fsp3) is 0.484. The second-order valence-electron chi connectivity index (χ2n) is 10.8. The number of fused-ring (bicyclic) bond motifs is 5. The van der Waals surface area contributed by atoms with E-state index in [1.807, 2.05) is 24.3 Å². The minimum Gasteiger partial charge on any atom is -0.458 e. The maximum atomic E-state index is 13.4. The number of para-hydroxylation sites is 1. The topological polar surface area (TPSA) is 153 Å². The average Bonchev–Trinajstić information content (AvgIpc) is 3.36. The van der Waals surface area contributed by atoms with Crippen LogP contribution in [0.1, 0.15) is 61.3 Å². The molecule has 0 spiro atoms. The van der Waals surface area contributed by atoms with Crippen molar-refractivity contribution >= 4 is 23.1 Å². The van der Waals surface area contributed by atoms with Gasteiger partial charge in [-0.15, -0.1) is 0 Å². The lowest BCUT2D eigenvalue weighted by molar-refractivity contribution is -0.172. The predicted octanol–water partition coefficient (Wildman–Crippen LogP) is 2.13. The van der Waals surface area contributed by atoms with Crippen molar-refractivity contribution < 1.29 is 19.5 Å². The van der Waals surface area contributed by atoms with Crippen LogP contribution >= 0.6 is 0 Å². The number of carbonyl (C=O) groups is 1. The lowest BCUT2D eigenvalue weighted by Gasteiger charge is -2.31. The van der Waals surface area contributed by atoms with E-state index in [0.717, 1.165) is 80.4 Å². The highest BCUT2D eigenvalue weighted by molar-refractivity contribution is 5.98. The molecule has 4 heterocycles. The van der Waals surface area contributed by atoms with Gasteiger partial charge >= 0.3 is 5.97 Å². The van der Waals surface area contributed by atoms with Crippen LogP contribution in [-0.4, -0.2) is 66.2 Å². The van der Waals surface area contributed by atoms with Gasteiger partial charge in [0.25, 0.3) is 5.56 Å². The first kappa shape index (κ1) is 29.8. The fourth-order valence-electron chi connectivity index (χ4n) is 5.52. The first-order valence-electron chi connectivity index (χ1n) is 14.8. The monoisotopic (exact) mass is 576 g/mol. The molecule has 0 saturated heterocycles. The standard InChI is InChI=1S/C31H40N6O5/c1-2-31(40)25-17-26-28-23(19-37(26)29(38)24(25)20-41-30(31)39)16-21-8-5-9-22(27(21)36-28)18-35-42-15-7-14-34-12-4-3-11-33-13-6-10-32/h5,8-9,16-18,33-34,40H,2-4,6-7,10-15,19-20,32H2,1H3/b35-18+/t31-/m0/s1. The van der Waals surface area contributed by atoms with Crippen LogP contribution in [0.15, 0.2) is 40.3 Å². The number of hydrogen-bond acceptors (Lipinski definition) is 10. The molecule has 42 heavy (non-hydrogen) atoms. The zero-order chi connectivity index (χ0) is 29.5. The Bertz CT molecular complexity index is 1520. The van der Waals surface area contributed by atoms with E-state index in [1.165, 1.54) is 0 Å². The zero-order valence-corrected chi connectivity index (χ0v) is 24.2. The molecule has 0 fully saturated rings. The second kappa shape index (κ2) is 13.6. The van der Waals surface area contributed by atoms with E-state index in [2.05, 4.69) is 15.8 Å². The Morgan fingerprint density at radius 1 is 1.14 bits per heavy atom. The van der Waals surface area contributed by atoms with Gasteiger partial charge in [0.05, 0.1) is 35.2 Å². The van der Waals surface area contributed by atoms with E-state index in [0.29, 0.717) is 35.7 Å². The van der Waals surface area contributed by atoms with Crippen molar-refractivity contribution in [2.24, 2.45) is 10.9 Å². The summed E-state index contributed by atoms with van der Waals surface area (Å²) in [5, 5.41) is 23.0. The Balaban J connectivity index is 1.22. The molecule has 11 nitrogen and oxygen atoms in total. The van der Waals surface area contributed by atoms with Crippen LogP contribution in [0.3, 0.4) is 0 Å². The molecule has 0 aliphatic carbocycles. The maximum absolute atomic E-state index is 13.4. The number of esters is 1. The lowest BCUT2D eigenvalue weighted by atomic mass is 9.86. The Morgan fingerprint density at radius 2 is 1.90 bits per heavy atom. The Morgan fingerprint density at radius 3 is 2.67 bits per heavy atom. The summed E-state index contributed by atoms with van der Waals surface area (Å²) in [4.78, 5) is 36.3. The molecule has 2 aliphatic heterocycles. The number of pyridine rings is 2. The molecule has 224 valence electrons. The van der Waals surface area contributed by atoms with E-state index in [9.17, 15) is 14.7 Å². The molecule has 5 rings (SSSR count). The van der Waals surface area contributed by atoms with E-state index >= 15 is 0 Å². The highest BCUT2D eigenvalue weighted by atomic mass is 16.6. The third kappa shape index (κ3) is 6.10. The molecule has 5 N–H and O–H groups in total. The van der Waals surface area contributed by atoms with Crippen molar-refractivity contribution in [3.8, 4) is 11.4 Å². The molecular weight excluding hydrogens is 536 g/mol. The molecule has 0 bridgehead atoms. The van der Waals surface area contributed by atoms with Crippen LogP contribution in [0.2, 0.25) is 0 Å². The van der Waals surface area contributed by atoms with Gasteiger partial charge in [-0.2, -0.15) is 0 Å². The number of nitrogens with zero attached hydrogens (tertiary/aromatic N) is 3. The van der Waals surface area contributed by atoms with E-state index < -0.39 is 11.6 Å². The number of carbonyl (C=O) groups excluding carboxylic acids is 1. The molecule has 3 aromatic rings. The summed E-state index contributed by atoms with van der Waals surface area (Å²) >= 11 is 0. The van der Waals surface area contributed by atoms with Crippen LogP contribution in [0.4, 0.5) is 0 Å². The molecule has 2 aromatic heterocycles. The van der Waals surface area contributed by atoms with Crippen LogP contribution < -0.4 is 21.9 Å². The summed E-state index contributed by atoms with van der Waals surface area (Å²) in [5.74, 6) is -0.733. The number of hydrogen-bond donors (Lipinski definition) is 4. The Hall–Kier alpha value is -3.64. The fourth-order valence-corrected chi connectivity index (χ4v) is 5.52. The van der Waals surface area contributed by atoms with Gasteiger partial charge in [-0.25, -0.2) is 9.78 Å². The minimum atomic E-state index is -1.85. The quantitative estimate of drug-likeness (QED) is 0.0721. The van der Waals surface area contributed by atoms with Crippen LogP contribution in [-0.2, 0) is 33.1 Å². The van der Waals surface area contributed by atoms with Gasteiger partial charge < -0.3 is 35.6 Å². The first-order valence-corrected chi connectivity index (χ1v) is 14.8. The summed E-state index contributed by atoms with van der Waals surface area (Å²) in [6, 6.07) is 9.58. The highest BCUT2D eigenvalue weighted by Crippen LogP contribution is 2.38. The summed E-state index contributed by atoms with van der Waals surface area (Å²) < 4.78 is 6.79. The highest BCUT2D eigenvalue weighted by Gasteiger charge is 2.45. The number of rotatable bonds is 15. The van der Waals surface area contributed by atoms with Gasteiger partial charge in [0.2, 0.25) is 0 Å². The molecule has 11 heteroatoms. The van der Waals surface area contributed by atoms with Crippen molar-refractivity contribution in [2.45, 2.75) is 57.8 Å². The number of unbranched alkanes of at least 4 members (excludes halogenated alkanes) is 1. The maximum Gasteiger partial charge on any atom is 0.343 e. The predicted molar refractivity (Wildman–Crippen MR) is 161 cm³/mol. The van der Waals surface area contributed by atoms with Gasteiger partial charge in [-0.3, -0.25) is 4.79 Å². The summed E-state index contributed by atoms with van der Waals surface area (Å²) in [5.41, 5.74) is 7.63. The summed E-state index contributed by atoms with van der Waals surface area (Å²) in [6.45, 7) is 6.99. The number of benzene rings is 1. The number of nitrogens with two attached hydrogens (primary N) is 1. The molecule has 0 radical (unpaired) electrons. The van der Waals surface area contributed by atoms with Gasteiger partial charge in [-0.05, 0) is 77.0 Å².